The first-order valence-corrected chi connectivity index (χ1v) is 6.86. The van der Waals surface area contributed by atoms with Gasteiger partial charge in [-0.25, -0.2) is 0 Å². The number of amides is 1. The Bertz CT molecular complexity index is 629. The van der Waals surface area contributed by atoms with Crippen LogP contribution in [0.5, 0.6) is 5.75 Å². The fourth-order valence-corrected chi connectivity index (χ4v) is 2.20. The molecule has 0 heterocycles. The Kier molecular flexibility index (Phi) is 4.63. The van der Waals surface area contributed by atoms with Crippen LogP contribution in [0, 0.1) is 0 Å². The van der Waals surface area contributed by atoms with Crippen molar-refractivity contribution in [3.05, 3.63) is 58.1 Å². The third-order valence-electron chi connectivity index (χ3n) is 2.91. The molecule has 104 valence electrons. The Morgan fingerprint density at radius 2 is 2.05 bits per heavy atom. The number of benzene rings is 2. The summed E-state index contributed by atoms with van der Waals surface area (Å²) in [5.74, 6) is 0.455. The molecule has 4 nitrogen and oxygen atoms in total. The van der Waals surface area contributed by atoms with Crippen LogP contribution in [0.15, 0.2) is 46.9 Å². The van der Waals surface area contributed by atoms with Crippen LogP contribution in [-0.4, -0.2) is 13.0 Å². The van der Waals surface area contributed by atoms with E-state index in [2.05, 4.69) is 21.2 Å². The zero-order valence-corrected chi connectivity index (χ0v) is 12.6. The first kappa shape index (κ1) is 14.4. The molecule has 3 N–H and O–H groups in total. The second-order valence-electron chi connectivity index (χ2n) is 4.23. The fourth-order valence-electron chi connectivity index (χ4n) is 1.77. The van der Waals surface area contributed by atoms with Gasteiger partial charge in [-0.2, -0.15) is 0 Å². The summed E-state index contributed by atoms with van der Waals surface area (Å²) in [5, 5.41) is 2.84. The Morgan fingerprint density at radius 3 is 2.75 bits per heavy atom. The van der Waals surface area contributed by atoms with E-state index in [-0.39, 0.29) is 5.91 Å². The number of anilines is 1. The number of rotatable bonds is 4. The molecule has 2 aromatic carbocycles. The molecule has 20 heavy (non-hydrogen) atoms. The van der Waals surface area contributed by atoms with Gasteiger partial charge in [0.25, 0.3) is 5.91 Å². The van der Waals surface area contributed by atoms with Crippen LogP contribution in [0.3, 0.4) is 0 Å². The zero-order valence-electron chi connectivity index (χ0n) is 11.0. The third-order valence-corrected chi connectivity index (χ3v) is 3.60. The van der Waals surface area contributed by atoms with Gasteiger partial charge in [0.05, 0.1) is 12.7 Å². The minimum absolute atomic E-state index is 0.181. The van der Waals surface area contributed by atoms with E-state index < -0.39 is 0 Å². The minimum Gasteiger partial charge on any atom is -0.497 e. The summed E-state index contributed by atoms with van der Waals surface area (Å²) >= 11 is 3.36. The summed E-state index contributed by atoms with van der Waals surface area (Å²) < 4.78 is 5.84. The molecular weight excluding hydrogens is 320 g/mol. The van der Waals surface area contributed by atoms with Crippen LogP contribution < -0.4 is 15.8 Å². The lowest BCUT2D eigenvalue weighted by atomic mass is 10.1. The van der Waals surface area contributed by atoms with Crippen molar-refractivity contribution in [1.29, 1.82) is 0 Å². The molecule has 0 saturated heterocycles. The average Bonchev–Trinajstić information content (AvgIpc) is 2.46. The maximum absolute atomic E-state index is 12.2. The first-order valence-electron chi connectivity index (χ1n) is 6.07. The second-order valence-corrected chi connectivity index (χ2v) is 5.08. The summed E-state index contributed by atoms with van der Waals surface area (Å²) in [6, 6.07) is 12.7. The number of nitrogens with two attached hydrogens (primary N) is 1. The molecule has 2 rings (SSSR count). The minimum atomic E-state index is -0.181. The molecule has 0 aliphatic heterocycles. The summed E-state index contributed by atoms with van der Waals surface area (Å²) in [7, 11) is 1.57. The van der Waals surface area contributed by atoms with Gasteiger partial charge in [0, 0.05) is 16.7 Å². The molecule has 1 amide bonds. The monoisotopic (exact) mass is 334 g/mol. The van der Waals surface area contributed by atoms with E-state index in [1.54, 1.807) is 25.3 Å². The number of carbonyl (C=O) groups is 1. The van der Waals surface area contributed by atoms with E-state index in [4.69, 9.17) is 10.5 Å². The van der Waals surface area contributed by atoms with Crippen molar-refractivity contribution in [2.45, 2.75) is 6.54 Å². The van der Waals surface area contributed by atoms with Crippen LogP contribution in [0.1, 0.15) is 15.9 Å². The number of hydrogen-bond donors (Lipinski definition) is 2. The van der Waals surface area contributed by atoms with Crippen LogP contribution in [0.2, 0.25) is 0 Å². The maximum atomic E-state index is 12.2. The van der Waals surface area contributed by atoms with Crippen molar-refractivity contribution in [1.82, 2.24) is 5.32 Å². The Hall–Kier alpha value is -2.01. The summed E-state index contributed by atoms with van der Waals surface area (Å²) in [6.45, 7) is 0.384. The van der Waals surface area contributed by atoms with E-state index in [0.29, 0.717) is 23.5 Å². The summed E-state index contributed by atoms with van der Waals surface area (Å²) in [5.41, 5.74) is 7.92. The molecule has 0 unspecified atom stereocenters. The number of carbonyl (C=O) groups excluding carboxylic acids is 1. The highest BCUT2D eigenvalue weighted by atomic mass is 79.9. The molecule has 0 aliphatic carbocycles. The maximum Gasteiger partial charge on any atom is 0.252 e. The number of hydrogen-bond acceptors (Lipinski definition) is 3. The van der Waals surface area contributed by atoms with Gasteiger partial charge in [0.1, 0.15) is 5.75 Å². The molecule has 0 saturated carbocycles. The van der Waals surface area contributed by atoms with Gasteiger partial charge >= 0.3 is 0 Å². The van der Waals surface area contributed by atoms with Crippen LogP contribution in [0.4, 0.5) is 5.69 Å². The van der Waals surface area contributed by atoms with Crippen molar-refractivity contribution in [3.8, 4) is 5.75 Å². The number of para-hydroxylation sites is 1. The molecule has 0 radical (unpaired) electrons. The van der Waals surface area contributed by atoms with Crippen molar-refractivity contribution in [3.63, 3.8) is 0 Å². The van der Waals surface area contributed by atoms with Gasteiger partial charge in [-0.15, -0.1) is 0 Å². The molecule has 0 atom stereocenters. The highest BCUT2D eigenvalue weighted by Crippen LogP contribution is 2.22. The SMILES string of the molecule is COc1ccc(Br)c(C(=O)NCc2ccccc2N)c1. The van der Waals surface area contributed by atoms with E-state index in [1.165, 1.54) is 0 Å². The lowest BCUT2D eigenvalue weighted by molar-refractivity contribution is 0.0950. The average molecular weight is 335 g/mol. The lowest BCUT2D eigenvalue weighted by Crippen LogP contribution is -2.23. The second kappa shape index (κ2) is 6.43. The number of halogens is 1. The Labute approximate surface area is 126 Å². The van der Waals surface area contributed by atoms with Crippen molar-refractivity contribution in [2.75, 3.05) is 12.8 Å². The van der Waals surface area contributed by atoms with Gasteiger partial charge in [-0.05, 0) is 45.8 Å². The molecule has 0 spiro atoms. The lowest BCUT2D eigenvalue weighted by Gasteiger charge is -2.10. The number of methoxy groups -OCH3 is 1. The fraction of sp³-hybridized carbons (Fsp3) is 0.133. The van der Waals surface area contributed by atoms with Gasteiger partial charge < -0.3 is 15.8 Å². The van der Waals surface area contributed by atoms with E-state index in [0.717, 1.165) is 10.0 Å². The topological polar surface area (TPSA) is 64.3 Å². The summed E-state index contributed by atoms with van der Waals surface area (Å²) in [4.78, 5) is 12.2. The smallest absolute Gasteiger partial charge is 0.252 e. The van der Waals surface area contributed by atoms with Gasteiger partial charge in [0.2, 0.25) is 0 Å². The molecule has 0 fully saturated rings. The number of ether oxygens (including phenoxy) is 1. The quantitative estimate of drug-likeness (QED) is 0.845. The molecule has 0 aromatic heterocycles. The van der Waals surface area contributed by atoms with Crippen molar-refractivity contribution >= 4 is 27.5 Å². The highest BCUT2D eigenvalue weighted by molar-refractivity contribution is 9.10. The highest BCUT2D eigenvalue weighted by Gasteiger charge is 2.11. The molecule has 2 aromatic rings. The summed E-state index contributed by atoms with van der Waals surface area (Å²) in [6.07, 6.45) is 0. The number of nitrogen functional groups attached to an aromatic ring is 1. The number of nitrogens with one attached hydrogen (secondary N) is 1. The van der Waals surface area contributed by atoms with Gasteiger partial charge in [-0.1, -0.05) is 18.2 Å². The Balaban J connectivity index is 2.11. The van der Waals surface area contributed by atoms with Crippen LogP contribution in [-0.2, 0) is 6.54 Å². The predicted octanol–water partition coefficient (Wildman–Crippen LogP) is 2.97. The molecule has 5 heteroatoms. The largest absolute Gasteiger partial charge is 0.497 e. The van der Waals surface area contributed by atoms with Gasteiger partial charge in [0.15, 0.2) is 0 Å². The van der Waals surface area contributed by atoms with E-state index in [9.17, 15) is 4.79 Å². The molecule has 0 bridgehead atoms. The molecule has 0 aliphatic rings. The van der Waals surface area contributed by atoms with Crippen LogP contribution in [0.25, 0.3) is 0 Å². The predicted molar refractivity (Wildman–Crippen MR) is 82.7 cm³/mol. The standard InChI is InChI=1S/C15H15BrN2O2/c1-20-11-6-7-13(16)12(8-11)15(19)18-9-10-4-2-3-5-14(10)17/h2-8H,9,17H2,1H3,(H,18,19). The first-order chi connectivity index (χ1) is 9.61. The third kappa shape index (κ3) is 3.30. The van der Waals surface area contributed by atoms with E-state index >= 15 is 0 Å². The Morgan fingerprint density at radius 1 is 1.30 bits per heavy atom. The van der Waals surface area contributed by atoms with E-state index in [1.807, 2.05) is 24.3 Å². The van der Waals surface area contributed by atoms with Crippen molar-refractivity contribution < 1.29 is 9.53 Å². The normalized spacial score (nSPS) is 10.1. The van der Waals surface area contributed by atoms with Crippen molar-refractivity contribution in [2.24, 2.45) is 0 Å². The molecular formula is C15H15BrN2O2. The van der Waals surface area contributed by atoms with Gasteiger partial charge in [-0.3, -0.25) is 4.79 Å². The zero-order chi connectivity index (χ0) is 14.5. The van der Waals surface area contributed by atoms with Crippen LogP contribution >= 0.6 is 15.9 Å².